The van der Waals surface area contributed by atoms with Crippen molar-refractivity contribution in [1.29, 1.82) is 0 Å². The molecule has 4 aromatic rings. The molecule has 0 N–H and O–H groups in total. The summed E-state index contributed by atoms with van der Waals surface area (Å²) < 4.78 is 16.1. The molecule has 1 atom stereocenters. The second-order valence-corrected chi connectivity index (χ2v) is 11.0. The fourth-order valence-corrected chi connectivity index (χ4v) is 5.66. The third kappa shape index (κ3) is 4.82. The smallest absolute Gasteiger partial charge is 0.158 e. The Morgan fingerprint density at radius 1 is 1.00 bits per heavy atom. The number of hydrogen-bond donors (Lipinski definition) is 0. The van der Waals surface area contributed by atoms with E-state index in [1.54, 1.807) is 10.2 Å². The number of aryl methyl sites for hydroxylation is 1. The highest BCUT2D eigenvalue weighted by molar-refractivity contribution is 9.10. The largest absolute Gasteiger partial charge is 0.304 e. The third-order valence-corrected chi connectivity index (χ3v) is 7.99. The fourth-order valence-electron chi connectivity index (χ4n) is 4.23. The molecule has 0 bridgehead atoms. The predicted molar refractivity (Wildman–Crippen MR) is 139 cm³/mol. The summed E-state index contributed by atoms with van der Waals surface area (Å²) in [5, 5.41) is 0.983. The zero-order chi connectivity index (χ0) is 22.9. The van der Waals surface area contributed by atoms with E-state index < -0.39 is 11.0 Å². The minimum absolute atomic E-state index is 0.716. The molecule has 7 heteroatoms. The number of piperazine rings is 1. The third-order valence-electron chi connectivity index (χ3n) is 6.25. The number of nitrogens with zero attached hydrogens (tertiary/aromatic N) is 4. The lowest BCUT2D eigenvalue weighted by molar-refractivity contribution is 0.148. The van der Waals surface area contributed by atoms with Crippen LogP contribution in [0.1, 0.15) is 11.1 Å². The van der Waals surface area contributed by atoms with Crippen molar-refractivity contribution >= 4 is 37.9 Å². The van der Waals surface area contributed by atoms with Gasteiger partial charge in [-0.3, -0.25) is 4.90 Å². The lowest BCUT2D eigenvalue weighted by Crippen LogP contribution is -2.43. The van der Waals surface area contributed by atoms with Gasteiger partial charge in [0.15, 0.2) is 16.6 Å². The van der Waals surface area contributed by atoms with Gasteiger partial charge < -0.3 is 4.90 Å². The van der Waals surface area contributed by atoms with Gasteiger partial charge in [0, 0.05) is 60.5 Å². The molecule has 0 aliphatic carbocycles. The Bertz CT molecular complexity index is 1290. The van der Waals surface area contributed by atoms with Crippen LogP contribution in [0.25, 0.3) is 22.2 Å². The van der Waals surface area contributed by atoms with Gasteiger partial charge in [0.1, 0.15) is 0 Å². The second-order valence-electron chi connectivity index (χ2n) is 8.73. The normalized spacial score (nSPS) is 16.3. The van der Waals surface area contributed by atoms with Gasteiger partial charge in [-0.1, -0.05) is 42.0 Å². The van der Waals surface area contributed by atoms with Gasteiger partial charge in [0.05, 0.1) is 4.90 Å². The molecule has 170 valence electrons. The van der Waals surface area contributed by atoms with Crippen molar-refractivity contribution in [2.75, 3.05) is 33.2 Å². The molecular formula is C26H27BrN4OS. The van der Waals surface area contributed by atoms with Gasteiger partial charge in [-0.15, -0.1) is 0 Å². The molecule has 1 unspecified atom stereocenters. The molecule has 1 fully saturated rings. The van der Waals surface area contributed by atoms with Crippen LogP contribution in [0.4, 0.5) is 0 Å². The van der Waals surface area contributed by atoms with Crippen LogP contribution in [-0.4, -0.2) is 56.2 Å². The van der Waals surface area contributed by atoms with Gasteiger partial charge in [-0.05, 0) is 59.2 Å². The van der Waals surface area contributed by atoms with Crippen molar-refractivity contribution in [1.82, 2.24) is 18.8 Å². The Balaban J connectivity index is 1.47. The van der Waals surface area contributed by atoms with Crippen LogP contribution in [0.2, 0.25) is 0 Å². The second kappa shape index (κ2) is 9.50. The van der Waals surface area contributed by atoms with E-state index in [9.17, 15) is 4.21 Å². The van der Waals surface area contributed by atoms with Gasteiger partial charge in [0.25, 0.3) is 0 Å². The summed E-state index contributed by atoms with van der Waals surface area (Å²) in [5.41, 5.74) is 5.31. The molecule has 5 nitrogen and oxygen atoms in total. The monoisotopic (exact) mass is 522 g/mol. The quantitative estimate of drug-likeness (QED) is 0.366. The Morgan fingerprint density at radius 2 is 1.70 bits per heavy atom. The molecule has 0 spiro atoms. The van der Waals surface area contributed by atoms with Crippen molar-refractivity contribution in [3.8, 4) is 11.1 Å². The minimum Gasteiger partial charge on any atom is -0.304 e. The highest BCUT2D eigenvalue weighted by atomic mass is 79.9. The number of fused-ring (bicyclic) bond motifs is 1. The van der Waals surface area contributed by atoms with Crippen LogP contribution < -0.4 is 0 Å². The van der Waals surface area contributed by atoms with E-state index in [1.165, 1.54) is 5.56 Å². The first-order valence-corrected chi connectivity index (χ1v) is 13.0. The van der Waals surface area contributed by atoms with E-state index in [4.69, 9.17) is 0 Å². The summed E-state index contributed by atoms with van der Waals surface area (Å²) in [7, 11) is 0.809. The van der Waals surface area contributed by atoms with E-state index in [0.29, 0.717) is 5.65 Å². The number of pyridine rings is 1. The van der Waals surface area contributed by atoms with E-state index in [-0.39, 0.29) is 0 Å². The van der Waals surface area contributed by atoms with Crippen molar-refractivity contribution in [2.24, 2.45) is 0 Å². The zero-order valence-corrected chi connectivity index (χ0v) is 21.3. The molecule has 1 aliphatic rings. The Kier molecular flexibility index (Phi) is 6.47. The molecule has 0 amide bonds. The molecule has 33 heavy (non-hydrogen) atoms. The molecule has 2 aromatic carbocycles. The molecule has 1 aliphatic heterocycles. The SMILES string of the molecule is Cc1ccc(S(=O)n2cc(-c3ccc(CN4CCN(C)CC4)cc3)c3cc(Br)cnc32)cc1. The van der Waals surface area contributed by atoms with Crippen molar-refractivity contribution < 1.29 is 4.21 Å². The molecule has 1 saturated heterocycles. The van der Waals surface area contributed by atoms with Crippen LogP contribution in [0.3, 0.4) is 0 Å². The van der Waals surface area contributed by atoms with Gasteiger partial charge in [-0.2, -0.15) is 0 Å². The average Bonchev–Trinajstić information content (AvgIpc) is 3.20. The predicted octanol–water partition coefficient (Wildman–Crippen LogP) is 5.09. The molecule has 5 rings (SSSR count). The number of hydrogen-bond acceptors (Lipinski definition) is 4. The molecule has 0 saturated carbocycles. The summed E-state index contributed by atoms with van der Waals surface area (Å²) in [6, 6.07) is 18.6. The molecule has 2 aromatic heterocycles. The Morgan fingerprint density at radius 3 is 2.39 bits per heavy atom. The van der Waals surface area contributed by atoms with Crippen LogP contribution in [-0.2, 0) is 17.5 Å². The maximum Gasteiger partial charge on any atom is 0.158 e. The first-order valence-electron chi connectivity index (χ1n) is 11.1. The lowest BCUT2D eigenvalue weighted by atomic mass is 10.0. The molecular weight excluding hydrogens is 496 g/mol. The van der Waals surface area contributed by atoms with E-state index in [2.05, 4.69) is 68.1 Å². The number of rotatable bonds is 5. The minimum atomic E-state index is -1.37. The number of halogens is 1. The number of benzene rings is 2. The first kappa shape index (κ1) is 22.5. The average molecular weight is 524 g/mol. The highest BCUT2D eigenvalue weighted by Crippen LogP contribution is 2.33. The number of likely N-dealkylation sites (N-methyl/N-ethyl adjacent to an activating group) is 1. The lowest BCUT2D eigenvalue weighted by Gasteiger charge is -2.32. The summed E-state index contributed by atoms with van der Waals surface area (Å²) in [4.78, 5) is 10.2. The van der Waals surface area contributed by atoms with Gasteiger partial charge in [-0.25, -0.2) is 13.2 Å². The standard InChI is InChI=1S/C26H27BrN4OS/c1-19-3-9-23(10-4-19)33(32)31-18-25(24-15-22(27)16-28-26(24)31)21-7-5-20(6-8-21)17-30-13-11-29(2)12-14-30/h3-10,15-16,18H,11-14,17H2,1-2H3. The zero-order valence-electron chi connectivity index (χ0n) is 18.9. The van der Waals surface area contributed by atoms with Gasteiger partial charge in [0.2, 0.25) is 0 Å². The van der Waals surface area contributed by atoms with Gasteiger partial charge >= 0.3 is 0 Å². The van der Waals surface area contributed by atoms with Crippen LogP contribution in [0.15, 0.2) is 76.4 Å². The first-order chi connectivity index (χ1) is 16.0. The van der Waals surface area contributed by atoms with Crippen molar-refractivity contribution in [2.45, 2.75) is 18.4 Å². The Hall–Kier alpha value is -2.32. The van der Waals surface area contributed by atoms with E-state index in [1.807, 2.05) is 37.4 Å². The van der Waals surface area contributed by atoms with Crippen LogP contribution in [0.5, 0.6) is 0 Å². The summed E-state index contributed by atoms with van der Waals surface area (Å²) in [6.45, 7) is 7.46. The highest BCUT2D eigenvalue weighted by Gasteiger charge is 2.18. The van der Waals surface area contributed by atoms with E-state index in [0.717, 1.165) is 64.2 Å². The molecule has 3 heterocycles. The molecule has 0 radical (unpaired) electrons. The van der Waals surface area contributed by atoms with Crippen LogP contribution >= 0.6 is 15.9 Å². The maximum atomic E-state index is 13.4. The van der Waals surface area contributed by atoms with Crippen molar-refractivity contribution in [3.63, 3.8) is 0 Å². The topological polar surface area (TPSA) is 41.4 Å². The Labute approximate surface area is 205 Å². The number of aromatic nitrogens is 2. The maximum absolute atomic E-state index is 13.4. The fraction of sp³-hybridized carbons (Fsp3) is 0.269. The summed E-state index contributed by atoms with van der Waals surface area (Å²) in [6.07, 6.45) is 3.73. The summed E-state index contributed by atoms with van der Waals surface area (Å²) >= 11 is 3.55. The summed E-state index contributed by atoms with van der Waals surface area (Å²) in [5.74, 6) is 0. The van der Waals surface area contributed by atoms with Crippen molar-refractivity contribution in [3.05, 3.63) is 82.6 Å². The van der Waals surface area contributed by atoms with Crippen LogP contribution in [0, 0.1) is 6.92 Å². The van der Waals surface area contributed by atoms with E-state index >= 15 is 0 Å².